The normalized spacial score (nSPS) is 14.3. The third kappa shape index (κ3) is 4.92. The minimum Gasteiger partial charge on any atom is -0.317 e. The number of benzene rings is 2. The van der Waals surface area contributed by atoms with Crippen molar-refractivity contribution in [3.63, 3.8) is 0 Å². The number of nitro benzene ring substituents is 1. The molecule has 1 aliphatic heterocycles. The minimum atomic E-state index is -4.05. The van der Waals surface area contributed by atoms with Crippen molar-refractivity contribution in [3.05, 3.63) is 62.9 Å². The van der Waals surface area contributed by atoms with Gasteiger partial charge >= 0.3 is 0 Å². The zero-order valence-corrected chi connectivity index (χ0v) is 20.0. The van der Waals surface area contributed by atoms with E-state index in [-0.39, 0.29) is 10.5 Å². The number of anilines is 1. The lowest BCUT2D eigenvalue weighted by Gasteiger charge is -2.29. The quantitative estimate of drug-likeness (QED) is 0.376. The summed E-state index contributed by atoms with van der Waals surface area (Å²) in [4.78, 5) is 41.5. The first-order valence-electron chi connectivity index (χ1n) is 10.6. The van der Waals surface area contributed by atoms with E-state index >= 15 is 0 Å². The van der Waals surface area contributed by atoms with Crippen molar-refractivity contribution in [2.24, 2.45) is 4.99 Å². The van der Waals surface area contributed by atoms with Gasteiger partial charge in [-0.05, 0) is 37.5 Å². The van der Waals surface area contributed by atoms with Gasteiger partial charge in [0.15, 0.2) is 14.6 Å². The lowest BCUT2D eigenvalue weighted by molar-refractivity contribution is -0.384. The van der Waals surface area contributed by atoms with Crippen LogP contribution in [-0.2, 0) is 32.4 Å². The summed E-state index contributed by atoms with van der Waals surface area (Å²) in [5.74, 6) is -3.14. The number of carbonyl (C=O) groups excluding carboxylic acids is 2. The molecule has 0 N–H and O–H groups in total. The molecule has 1 aliphatic rings. The maximum atomic E-state index is 12.8. The summed E-state index contributed by atoms with van der Waals surface area (Å²) in [6.07, 6.45) is 1.55. The highest BCUT2D eigenvalue weighted by Gasteiger charge is 2.28. The van der Waals surface area contributed by atoms with Gasteiger partial charge in [0, 0.05) is 30.9 Å². The zero-order chi connectivity index (χ0) is 24.5. The summed E-state index contributed by atoms with van der Waals surface area (Å²) in [6.45, 7) is 2.68. The Bertz CT molecular complexity index is 1470. The molecular weight excluding hydrogens is 480 g/mol. The largest absolute Gasteiger partial charge is 0.317 e. The number of non-ortho nitro benzene ring substituents is 1. The fourth-order valence-corrected chi connectivity index (χ4v) is 6.22. The molecule has 12 heteroatoms. The van der Waals surface area contributed by atoms with Gasteiger partial charge < -0.3 is 9.47 Å². The molecule has 10 nitrogen and oxygen atoms in total. The van der Waals surface area contributed by atoms with Crippen molar-refractivity contribution in [2.45, 2.75) is 26.3 Å². The van der Waals surface area contributed by atoms with Gasteiger partial charge in [-0.15, -0.1) is 0 Å². The molecule has 0 unspecified atom stereocenters. The predicted octanol–water partition coefficient (Wildman–Crippen LogP) is 2.45. The van der Waals surface area contributed by atoms with Crippen molar-refractivity contribution in [2.75, 3.05) is 23.0 Å². The van der Waals surface area contributed by atoms with Gasteiger partial charge in [0.25, 0.3) is 11.6 Å². The Kier molecular flexibility index (Phi) is 6.62. The highest BCUT2D eigenvalue weighted by molar-refractivity contribution is 7.92. The number of aromatic nitrogens is 1. The van der Waals surface area contributed by atoms with Crippen molar-refractivity contribution in [3.8, 4) is 0 Å². The van der Waals surface area contributed by atoms with E-state index in [1.807, 2.05) is 19.1 Å². The third-order valence-electron chi connectivity index (χ3n) is 5.51. The summed E-state index contributed by atoms with van der Waals surface area (Å²) in [5, 5.41) is 11.0. The van der Waals surface area contributed by atoms with E-state index in [0.29, 0.717) is 29.0 Å². The molecule has 3 aromatic rings. The molecule has 0 fully saturated rings. The Balaban J connectivity index is 1.54. The molecule has 34 heavy (non-hydrogen) atoms. The third-order valence-corrected chi connectivity index (χ3v) is 7.93. The van der Waals surface area contributed by atoms with Gasteiger partial charge in [0.1, 0.15) is 11.5 Å². The van der Waals surface area contributed by atoms with Crippen LogP contribution in [0.25, 0.3) is 10.2 Å². The summed E-state index contributed by atoms with van der Waals surface area (Å²) in [5.41, 5.74) is 2.26. The van der Waals surface area contributed by atoms with Gasteiger partial charge in [0.2, 0.25) is 5.91 Å². The maximum absolute atomic E-state index is 12.8. The number of carbonyl (C=O) groups is 2. The molecule has 2 heterocycles. The van der Waals surface area contributed by atoms with Crippen LogP contribution in [0.4, 0.5) is 11.4 Å². The summed E-state index contributed by atoms with van der Waals surface area (Å²) >= 11 is 1.06. The van der Waals surface area contributed by atoms with Crippen LogP contribution in [0.15, 0.2) is 47.5 Å². The van der Waals surface area contributed by atoms with Crippen molar-refractivity contribution in [1.29, 1.82) is 0 Å². The van der Waals surface area contributed by atoms with Crippen LogP contribution in [0.3, 0.4) is 0 Å². The van der Waals surface area contributed by atoms with Crippen LogP contribution >= 0.6 is 11.3 Å². The lowest BCUT2D eigenvalue weighted by atomic mass is 10.0. The van der Waals surface area contributed by atoms with Crippen LogP contribution in [0.2, 0.25) is 0 Å². The number of para-hydroxylation sites is 1. The highest BCUT2D eigenvalue weighted by atomic mass is 32.2. The Hall–Kier alpha value is -3.38. The standard InChI is InChI=1S/C22H22N4O6S2/c1-2-24-18-10-9-16(26(29)30)12-19(18)33-22(24)23-20(27)13-34(31,32)14-21(28)25-11-5-7-15-6-3-4-8-17(15)25/h3-4,6,8-10,12H,2,5,7,11,13-14H2,1H3. The highest BCUT2D eigenvalue weighted by Crippen LogP contribution is 2.27. The molecule has 0 radical (unpaired) electrons. The number of amides is 2. The van der Waals surface area contributed by atoms with E-state index in [4.69, 9.17) is 0 Å². The average Bonchev–Trinajstić information content (AvgIpc) is 3.13. The molecule has 0 aliphatic carbocycles. The van der Waals surface area contributed by atoms with Gasteiger partial charge in [-0.2, -0.15) is 4.99 Å². The fourth-order valence-electron chi connectivity index (χ4n) is 4.00. The number of hydrogen-bond acceptors (Lipinski definition) is 7. The topological polar surface area (TPSA) is 132 Å². The molecule has 0 spiro atoms. The van der Waals surface area contributed by atoms with E-state index in [1.165, 1.54) is 17.0 Å². The second-order valence-corrected chi connectivity index (χ2v) is 10.9. The Morgan fingerprint density at radius 1 is 1.18 bits per heavy atom. The first-order valence-corrected chi connectivity index (χ1v) is 13.3. The SMILES string of the molecule is CCn1c(=NC(=O)CS(=O)(=O)CC(=O)N2CCCc3ccccc32)sc2cc([N+](=O)[O-])ccc21. The van der Waals surface area contributed by atoms with Gasteiger partial charge in [-0.3, -0.25) is 19.7 Å². The minimum absolute atomic E-state index is 0.0877. The van der Waals surface area contributed by atoms with E-state index < -0.39 is 38.1 Å². The average molecular weight is 503 g/mol. The second kappa shape index (κ2) is 9.47. The van der Waals surface area contributed by atoms with E-state index in [1.54, 1.807) is 22.8 Å². The van der Waals surface area contributed by atoms with Crippen molar-refractivity contribution >= 4 is 54.6 Å². The zero-order valence-electron chi connectivity index (χ0n) is 18.3. The van der Waals surface area contributed by atoms with Gasteiger partial charge in [-0.1, -0.05) is 29.5 Å². The number of nitrogens with zero attached hydrogens (tertiary/aromatic N) is 4. The Labute approximate surface area is 199 Å². The summed E-state index contributed by atoms with van der Waals surface area (Å²) < 4.78 is 27.5. The smallest absolute Gasteiger partial charge is 0.270 e. The first kappa shape index (κ1) is 23.8. The van der Waals surface area contributed by atoms with Crippen LogP contribution in [-0.4, -0.2) is 47.8 Å². The molecule has 1 aromatic heterocycles. The number of sulfone groups is 1. The van der Waals surface area contributed by atoms with Crippen LogP contribution < -0.4 is 9.70 Å². The summed E-state index contributed by atoms with van der Waals surface area (Å²) in [7, 11) is -4.05. The second-order valence-electron chi connectivity index (χ2n) is 7.85. The number of rotatable bonds is 6. The monoisotopic (exact) mass is 502 g/mol. The van der Waals surface area contributed by atoms with E-state index in [2.05, 4.69) is 4.99 Å². The predicted molar refractivity (Wildman–Crippen MR) is 128 cm³/mol. The van der Waals surface area contributed by atoms with Crippen LogP contribution in [0.5, 0.6) is 0 Å². The molecule has 2 aromatic carbocycles. The number of fused-ring (bicyclic) bond motifs is 2. The number of thiazole rings is 1. The molecule has 2 amide bonds. The number of hydrogen-bond donors (Lipinski definition) is 0. The summed E-state index contributed by atoms with van der Waals surface area (Å²) in [6, 6.07) is 11.7. The molecule has 0 saturated carbocycles. The number of aryl methyl sites for hydroxylation is 2. The van der Waals surface area contributed by atoms with Crippen LogP contribution in [0, 0.1) is 10.1 Å². The number of nitro groups is 1. The van der Waals surface area contributed by atoms with Crippen molar-refractivity contribution < 1.29 is 22.9 Å². The molecule has 0 atom stereocenters. The van der Waals surface area contributed by atoms with Gasteiger partial charge in [0.05, 0.1) is 15.1 Å². The molecule has 0 saturated heterocycles. The molecule has 178 valence electrons. The van der Waals surface area contributed by atoms with Gasteiger partial charge in [-0.25, -0.2) is 8.42 Å². The first-order chi connectivity index (χ1) is 16.2. The van der Waals surface area contributed by atoms with E-state index in [9.17, 15) is 28.1 Å². The molecule has 0 bridgehead atoms. The van der Waals surface area contributed by atoms with Crippen LogP contribution in [0.1, 0.15) is 18.9 Å². The maximum Gasteiger partial charge on any atom is 0.270 e. The van der Waals surface area contributed by atoms with E-state index in [0.717, 1.165) is 29.7 Å². The Morgan fingerprint density at radius 3 is 2.68 bits per heavy atom. The molecule has 4 rings (SSSR count). The molecular formula is C22H22N4O6S2. The lowest BCUT2D eigenvalue weighted by Crippen LogP contribution is -2.40. The fraction of sp³-hybridized carbons (Fsp3) is 0.318. The Morgan fingerprint density at radius 2 is 1.94 bits per heavy atom. The van der Waals surface area contributed by atoms with Crippen molar-refractivity contribution in [1.82, 2.24) is 4.57 Å².